The van der Waals surface area contributed by atoms with E-state index in [0.717, 1.165) is 22.7 Å². The maximum Gasteiger partial charge on any atom is 0.0546 e. The summed E-state index contributed by atoms with van der Waals surface area (Å²) in [7, 11) is 0. The second kappa shape index (κ2) is 14.4. The van der Waals surface area contributed by atoms with Crippen molar-refractivity contribution in [3.63, 3.8) is 0 Å². The van der Waals surface area contributed by atoms with Gasteiger partial charge in [-0.2, -0.15) is 0 Å². The summed E-state index contributed by atoms with van der Waals surface area (Å²) in [5.41, 5.74) is 16.3. The Morgan fingerprint density at radius 3 is 1.50 bits per heavy atom. The van der Waals surface area contributed by atoms with E-state index in [4.69, 9.17) is 0 Å². The van der Waals surface area contributed by atoms with Crippen molar-refractivity contribution in [2.75, 3.05) is 4.90 Å². The van der Waals surface area contributed by atoms with E-state index in [-0.39, 0.29) is 0 Å². The Labute approximate surface area is 327 Å². The molecule has 2 nitrogen and oxygen atoms in total. The van der Waals surface area contributed by atoms with E-state index < -0.39 is 0 Å². The molecular weight excluding hydrogens is 677 g/mol. The van der Waals surface area contributed by atoms with Gasteiger partial charge in [-0.25, -0.2) is 0 Å². The molecule has 2 heteroatoms. The summed E-state index contributed by atoms with van der Waals surface area (Å²) in [6, 6.07) is 83.1. The second-order valence-corrected chi connectivity index (χ2v) is 14.1. The van der Waals surface area contributed by atoms with Crippen molar-refractivity contribution >= 4 is 38.9 Å². The van der Waals surface area contributed by atoms with Crippen molar-refractivity contribution in [1.82, 2.24) is 4.57 Å². The van der Waals surface area contributed by atoms with Crippen molar-refractivity contribution in [2.24, 2.45) is 0 Å². The molecule has 0 radical (unpaired) electrons. The molecule has 264 valence electrons. The summed E-state index contributed by atoms with van der Waals surface area (Å²) < 4.78 is 2.38. The molecular formula is C54H38N2. The number of benzene rings is 9. The van der Waals surface area contributed by atoms with Gasteiger partial charge in [0.25, 0.3) is 0 Å². The van der Waals surface area contributed by atoms with Crippen molar-refractivity contribution in [2.45, 2.75) is 0 Å². The lowest BCUT2D eigenvalue weighted by Crippen LogP contribution is -2.12. The Balaban J connectivity index is 1.26. The summed E-state index contributed by atoms with van der Waals surface area (Å²) in [6.45, 7) is 0. The first-order valence-electron chi connectivity index (χ1n) is 19.2. The van der Waals surface area contributed by atoms with Crippen LogP contribution in [0.3, 0.4) is 0 Å². The summed E-state index contributed by atoms with van der Waals surface area (Å²) in [4.78, 5) is 2.45. The van der Waals surface area contributed by atoms with Crippen LogP contribution in [0.2, 0.25) is 0 Å². The molecule has 1 aromatic heterocycles. The van der Waals surface area contributed by atoms with Crippen LogP contribution in [0.5, 0.6) is 0 Å². The first-order chi connectivity index (χ1) is 27.8. The predicted molar refractivity (Wildman–Crippen MR) is 237 cm³/mol. The minimum atomic E-state index is 1.08. The van der Waals surface area contributed by atoms with Gasteiger partial charge < -0.3 is 9.47 Å². The van der Waals surface area contributed by atoms with Gasteiger partial charge in [-0.3, -0.25) is 0 Å². The molecule has 1 heterocycles. The molecule has 0 saturated heterocycles. The molecule has 0 spiro atoms. The minimum absolute atomic E-state index is 1.08. The highest BCUT2D eigenvalue weighted by molar-refractivity contribution is 6.11. The van der Waals surface area contributed by atoms with Gasteiger partial charge in [0.2, 0.25) is 0 Å². The zero-order chi connectivity index (χ0) is 37.3. The van der Waals surface area contributed by atoms with Gasteiger partial charge in [-0.1, -0.05) is 176 Å². The third-order valence-electron chi connectivity index (χ3n) is 10.8. The Kier molecular flexibility index (Phi) is 8.55. The second-order valence-electron chi connectivity index (χ2n) is 14.1. The van der Waals surface area contributed by atoms with Gasteiger partial charge in [-0.05, 0) is 93.5 Å². The molecule has 0 aliphatic heterocycles. The standard InChI is InChI=1S/C54H38N2/c1-5-18-39(19-6-1)40-32-34-44(35-33-40)55(45-36-37-52-50(38-45)48-27-15-16-30-51(48)56(52)43-24-11-4-12-25-43)53-31-17-29-47(42-22-9-3-10-23-42)54(53)49-28-14-13-26-46(49)41-20-7-2-8-21-41/h1-38H. The number of hydrogen-bond donors (Lipinski definition) is 0. The number of anilines is 3. The lowest BCUT2D eigenvalue weighted by molar-refractivity contribution is 1.18. The molecule has 0 bridgehead atoms. The van der Waals surface area contributed by atoms with Crippen LogP contribution in [0.25, 0.3) is 72.0 Å². The summed E-state index contributed by atoms with van der Waals surface area (Å²) in [6.07, 6.45) is 0. The largest absolute Gasteiger partial charge is 0.310 e. The SMILES string of the molecule is c1ccc(-c2ccc(N(c3ccc4c(c3)c3ccccc3n4-c3ccccc3)c3cccc(-c4ccccc4)c3-c3ccccc3-c3ccccc3)cc2)cc1. The average molecular weight is 715 g/mol. The summed E-state index contributed by atoms with van der Waals surface area (Å²) in [5, 5.41) is 2.43. The molecule has 0 atom stereocenters. The minimum Gasteiger partial charge on any atom is -0.310 e. The average Bonchev–Trinajstić information content (AvgIpc) is 3.61. The van der Waals surface area contributed by atoms with Crippen molar-refractivity contribution in [3.8, 4) is 50.2 Å². The highest BCUT2D eigenvalue weighted by atomic mass is 15.1. The lowest BCUT2D eigenvalue weighted by Gasteiger charge is -2.30. The highest BCUT2D eigenvalue weighted by Gasteiger charge is 2.24. The zero-order valence-corrected chi connectivity index (χ0v) is 30.8. The van der Waals surface area contributed by atoms with E-state index in [2.05, 4.69) is 240 Å². The first-order valence-corrected chi connectivity index (χ1v) is 19.2. The molecule has 0 aliphatic rings. The fraction of sp³-hybridized carbons (Fsp3) is 0. The van der Waals surface area contributed by atoms with Gasteiger partial charge >= 0.3 is 0 Å². The fourth-order valence-electron chi connectivity index (χ4n) is 8.25. The van der Waals surface area contributed by atoms with Crippen LogP contribution in [-0.4, -0.2) is 4.57 Å². The van der Waals surface area contributed by atoms with E-state index in [0.29, 0.717) is 0 Å². The number of rotatable bonds is 8. The Bertz CT molecular complexity index is 2930. The lowest BCUT2D eigenvalue weighted by atomic mass is 9.87. The van der Waals surface area contributed by atoms with Gasteiger partial charge in [0.15, 0.2) is 0 Å². The molecule has 56 heavy (non-hydrogen) atoms. The molecule has 0 fully saturated rings. The Hall–Kier alpha value is -7.42. The van der Waals surface area contributed by atoms with E-state index in [1.54, 1.807) is 0 Å². The van der Waals surface area contributed by atoms with Gasteiger partial charge in [0, 0.05) is 33.4 Å². The van der Waals surface area contributed by atoms with Gasteiger partial charge in [0.1, 0.15) is 0 Å². The number of hydrogen-bond acceptors (Lipinski definition) is 1. The maximum absolute atomic E-state index is 2.45. The molecule has 9 aromatic carbocycles. The molecule has 10 aromatic rings. The van der Waals surface area contributed by atoms with E-state index in [1.165, 1.54) is 66.3 Å². The fourth-order valence-corrected chi connectivity index (χ4v) is 8.25. The monoisotopic (exact) mass is 714 g/mol. The smallest absolute Gasteiger partial charge is 0.0546 e. The molecule has 0 aliphatic carbocycles. The van der Waals surface area contributed by atoms with Crippen LogP contribution in [0.15, 0.2) is 231 Å². The number of nitrogens with zero attached hydrogens (tertiary/aromatic N) is 2. The third-order valence-corrected chi connectivity index (χ3v) is 10.8. The summed E-state index contributed by atoms with van der Waals surface area (Å²) >= 11 is 0. The van der Waals surface area contributed by atoms with Crippen LogP contribution in [0.4, 0.5) is 17.1 Å². The van der Waals surface area contributed by atoms with Gasteiger partial charge in [-0.15, -0.1) is 0 Å². The van der Waals surface area contributed by atoms with Crippen molar-refractivity contribution in [3.05, 3.63) is 231 Å². The van der Waals surface area contributed by atoms with Crippen LogP contribution in [0, 0.1) is 0 Å². The number of para-hydroxylation sites is 2. The third kappa shape index (κ3) is 5.95. The van der Waals surface area contributed by atoms with Crippen LogP contribution >= 0.6 is 0 Å². The maximum atomic E-state index is 2.45. The van der Waals surface area contributed by atoms with Crippen LogP contribution < -0.4 is 4.90 Å². The van der Waals surface area contributed by atoms with Gasteiger partial charge in [0.05, 0.1) is 16.7 Å². The number of aromatic nitrogens is 1. The van der Waals surface area contributed by atoms with Crippen molar-refractivity contribution < 1.29 is 0 Å². The topological polar surface area (TPSA) is 8.17 Å². The van der Waals surface area contributed by atoms with Crippen LogP contribution in [-0.2, 0) is 0 Å². The molecule has 0 unspecified atom stereocenters. The van der Waals surface area contributed by atoms with Crippen molar-refractivity contribution in [1.29, 1.82) is 0 Å². The van der Waals surface area contributed by atoms with E-state index in [9.17, 15) is 0 Å². The number of fused-ring (bicyclic) bond motifs is 3. The molecule has 0 saturated carbocycles. The zero-order valence-electron chi connectivity index (χ0n) is 30.8. The molecule has 10 rings (SSSR count). The first kappa shape index (κ1) is 33.2. The van der Waals surface area contributed by atoms with Crippen LogP contribution in [0.1, 0.15) is 0 Å². The summed E-state index contributed by atoms with van der Waals surface area (Å²) in [5.74, 6) is 0. The normalized spacial score (nSPS) is 11.2. The highest BCUT2D eigenvalue weighted by Crippen LogP contribution is 2.49. The predicted octanol–water partition coefficient (Wildman–Crippen LogP) is 14.9. The van der Waals surface area contributed by atoms with E-state index in [1.807, 2.05) is 0 Å². The molecule has 0 N–H and O–H groups in total. The molecule has 0 amide bonds. The Morgan fingerprint density at radius 2 is 0.804 bits per heavy atom. The van der Waals surface area contributed by atoms with E-state index >= 15 is 0 Å². The Morgan fingerprint density at radius 1 is 0.304 bits per heavy atom. The quantitative estimate of drug-likeness (QED) is 0.152.